The number of nitrogens with one attached hydrogen (secondary N) is 1. The highest BCUT2D eigenvalue weighted by molar-refractivity contribution is 7.46. The Balaban J connectivity index is 1.83. The molecule has 49 heavy (non-hydrogen) atoms. The summed E-state index contributed by atoms with van der Waals surface area (Å²) in [5, 5.41) is 16.9. The van der Waals surface area contributed by atoms with Crippen molar-refractivity contribution in [1.82, 2.24) is 20.0 Å². The van der Waals surface area contributed by atoms with Gasteiger partial charge in [0.15, 0.2) is 6.19 Å². The van der Waals surface area contributed by atoms with Gasteiger partial charge in [-0.15, -0.1) is 0 Å². The number of hydrogen-bond donors (Lipinski definition) is 3. The van der Waals surface area contributed by atoms with E-state index in [0.717, 1.165) is 30.3 Å². The van der Waals surface area contributed by atoms with Crippen LogP contribution in [-0.4, -0.2) is 55.6 Å². The van der Waals surface area contributed by atoms with E-state index in [1.54, 1.807) is 44.2 Å². The van der Waals surface area contributed by atoms with Crippen LogP contribution < -0.4 is 10.2 Å². The Morgan fingerprint density at radius 1 is 1.12 bits per heavy atom. The smallest absolute Gasteiger partial charge is 0.315 e. The molecule has 0 saturated carbocycles. The molecule has 0 saturated heterocycles. The number of fused-ring (bicyclic) bond motifs is 1. The molecule has 3 N–H and O–H groups in total. The summed E-state index contributed by atoms with van der Waals surface area (Å²) in [6, 6.07) is 14.3. The van der Waals surface area contributed by atoms with E-state index >= 15 is 0 Å². The molecule has 0 spiro atoms. The average molecular weight is 701 g/mol. The van der Waals surface area contributed by atoms with E-state index in [-0.39, 0.29) is 29.2 Å². The van der Waals surface area contributed by atoms with Crippen molar-refractivity contribution in [2.75, 3.05) is 18.2 Å². The molecule has 256 valence electrons. The highest BCUT2D eigenvalue weighted by Crippen LogP contribution is 2.47. The first-order valence-electron chi connectivity index (χ1n) is 14.7. The van der Waals surface area contributed by atoms with Crippen LogP contribution in [-0.2, 0) is 20.1 Å². The minimum Gasteiger partial charge on any atom is -0.315 e. The van der Waals surface area contributed by atoms with Gasteiger partial charge in [-0.25, -0.2) is 13.6 Å². The lowest BCUT2D eigenvalue weighted by molar-refractivity contribution is -0.137. The van der Waals surface area contributed by atoms with E-state index in [4.69, 9.17) is 9.62 Å². The maximum absolute atomic E-state index is 14.7. The molecule has 0 bridgehead atoms. The Labute approximate surface area is 277 Å². The molecular formula is C32H29F4N6O6P. The summed E-state index contributed by atoms with van der Waals surface area (Å²) < 4.78 is 73.4. The van der Waals surface area contributed by atoms with Gasteiger partial charge in [-0.3, -0.25) is 19.0 Å². The Kier molecular flexibility index (Phi) is 9.93. The summed E-state index contributed by atoms with van der Waals surface area (Å²) in [6.07, 6.45) is -2.99. The summed E-state index contributed by atoms with van der Waals surface area (Å²) in [4.78, 5) is 50.1. The van der Waals surface area contributed by atoms with Gasteiger partial charge in [0.2, 0.25) is 0 Å². The number of hydrogen-bond acceptors (Lipinski definition) is 7. The number of para-hydroxylation sites is 1. The molecule has 3 aromatic carbocycles. The molecule has 17 heteroatoms. The number of benzene rings is 3. The molecular weight excluding hydrogens is 671 g/mol. The zero-order chi connectivity index (χ0) is 35.7. The lowest BCUT2D eigenvalue weighted by atomic mass is 9.79. The van der Waals surface area contributed by atoms with E-state index in [1.165, 1.54) is 21.7 Å². The van der Waals surface area contributed by atoms with Crippen molar-refractivity contribution < 1.29 is 46.0 Å². The number of likely N-dealkylation sites (N-methyl/N-ethyl adjacent to an activating group) is 1. The SMILES string of the molecule is CCN1C(=O)[C@@H](N(COP(=O)(O)O)C(=O)c2cccc(C(F)(F)F)c2)[C@@H](c2ccc(F)cc2)c2c([C@@H](C)NC#N)nn(-c3ccccc3)c21. The minimum atomic E-state index is -5.33. The third kappa shape index (κ3) is 7.20. The summed E-state index contributed by atoms with van der Waals surface area (Å²) in [7, 11) is -5.33. The zero-order valence-electron chi connectivity index (χ0n) is 25.9. The second-order valence-electron chi connectivity index (χ2n) is 11.0. The number of alkyl halides is 3. The van der Waals surface area contributed by atoms with E-state index in [0.29, 0.717) is 16.7 Å². The van der Waals surface area contributed by atoms with Gasteiger partial charge >= 0.3 is 14.0 Å². The molecule has 2 heterocycles. The van der Waals surface area contributed by atoms with Crippen molar-refractivity contribution in [2.24, 2.45) is 0 Å². The van der Waals surface area contributed by atoms with Gasteiger partial charge in [-0.05, 0) is 61.9 Å². The molecule has 0 unspecified atom stereocenters. The number of halogens is 4. The second-order valence-corrected chi connectivity index (χ2v) is 12.2. The standard InChI is InChI=1S/C32H29F4N6O6P/c1-3-40-29-26(27(19(2)38-17-37)39-42(29)24-10-5-4-6-11-24)25(20-12-14-23(33)15-13-20)28(31(40)44)41(18-48-49(45,46)47)30(43)21-8-7-9-22(16-21)32(34,35)36/h4-16,19,25,28,38H,3,18H2,1-2H3,(H2,45,46,47)/t19-,25+,28+/m1/s1. The van der Waals surface area contributed by atoms with Crippen molar-refractivity contribution in [3.8, 4) is 11.9 Å². The minimum absolute atomic E-state index is 0.0264. The highest BCUT2D eigenvalue weighted by atomic mass is 31.2. The third-order valence-corrected chi connectivity index (χ3v) is 8.41. The number of amides is 2. The first-order valence-corrected chi connectivity index (χ1v) is 16.3. The van der Waals surface area contributed by atoms with Crippen molar-refractivity contribution in [1.29, 1.82) is 5.26 Å². The van der Waals surface area contributed by atoms with Crippen LogP contribution in [0.5, 0.6) is 0 Å². The van der Waals surface area contributed by atoms with Gasteiger partial charge in [0.25, 0.3) is 11.8 Å². The largest absolute Gasteiger partial charge is 0.471 e. The first kappa shape index (κ1) is 35.2. The molecule has 1 aliphatic rings. The van der Waals surface area contributed by atoms with Gasteiger partial charge in [0, 0.05) is 23.6 Å². The quantitative estimate of drug-likeness (QED) is 0.0661. The molecule has 2 amide bonds. The van der Waals surface area contributed by atoms with Crippen LogP contribution in [0.3, 0.4) is 0 Å². The van der Waals surface area contributed by atoms with Crippen molar-refractivity contribution in [3.05, 3.63) is 113 Å². The summed E-state index contributed by atoms with van der Waals surface area (Å²) in [5.74, 6) is -3.70. The number of nitriles is 1. The van der Waals surface area contributed by atoms with Crippen LogP contribution in [0.2, 0.25) is 0 Å². The van der Waals surface area contributed by atoms with Crippen LogP contribution in [0, 0.1) is 17.3 Å². The van der Waals surface area contributed by atoms with Gasteiger partial charge in [0.1, 0.15) is 24.4 Å². The number of carbonyl (C=O) groups is 2. The molecule has 3 atom stereocenters. The maximum Gasteiger partial charge on any atom is 0.471 e. The van der Waals surface area contributed by atoms with Crippen molar-refractivity contribution >= 4 is 25.5 Å². The Bertz CT molecular complexity index is 1940. The van der Waals surface area contributed by atoms with Crippen LogP contribution in [0.1, 0.15) is 58.5 Å². The van der Waals surface area contributed by atoms with Crippen LogP contribution in [0.25, 0.3) is 5.69 Å². The fourth-order valence-corrected chi connectivity index (χ4v) is 6.10. The number of anilines is 1. The topological polar surface area (TPSA) is 161 Å². The molecule has 12 nitrogen and oxygen atoms in total. The number of aromatic nitrogens is 2. The Hall–Kier alpha value is -5.07. The van der Waals surface area contributed by atoms with Crippen LogP contribution >= 0.6 is 7.82 Å². The number of nitrogens with zero attached hydrogens (tertiary/aromatic N) is 5. The molecule has 1 aromatic heterocycles. The fourth-order valence-electron chi connectivity index (χ4n) is 5.83. The lowest BCUT2D eigenvalue weighted by Crippen LogP contribution is -2.57. The van der Waals surface area contributed by atoms with Crippen LogP contribution in [0.4, 0.5) is 23.4 Å². The van der Waals surface area contributed by atoms with Crippen molar-refractivity contribution in [2.45, 2.75) is 38.0 Å². The normalized spacial score (nSPS) is 16.9. The first-order chi connectivity index (χ1) is 23.2. The molecule has 4 aromatic rings. The molecule has 0 radical (unpaired) electrons. The Morgan fingerprint density at radius 2 is 1.80 bits per heavy atom. The van der Waals surface area contributed by atoms with E-state index < -0.39 is 67.5 Å². The predicted octanol–water partition coefficient (Wildman–Crippen LogP) is 5.24. The Morgan fingerprint density at radius 3 is 2.39 bits per heavy atom. The van der Waals surface area contributed by atoms with Gasteiger partial charge in [-0.2, -0.15) is 23.5 Å². The lowest BCUT2D eigenvalue weighted by Gasteiger charge is -2.43. The third-order valence-electron chi connectivity index (χ3n) is 7.96. The highest BCUT2D eigenvalue weighted by Gasteiger charge is 2.50. The van der Waals surface area contributed by atoms with Gasteiger partial charge in [0.05, 0.1) is 23.0 Å². The van der Waals surface area contributed by atoms with Gasteiger partial charge < -0.3 is 20.0 Å². The van der Waals surface area contributed by atoms with Gasteiger partial charge in [-0.1, -0.05) is 36.4 Å². The van der Waals surface area contributed by atoms with E-state index in [2.05, 4.69) is 5.32 Å². The molecule has 1 aliphatic heterocycles. The summed E-state index contributed by atoms with van der Waals surface area (Å²) in [5.41, 5.74) is -0.461. The number of phosphoric acid groups is 1. The summed E-state index contributed by atoms with van der Waals surface area (Å²) in [6.45, 7) is 1.99. The van der Waals surface area contributed by atoms with E-state index in [1.807, 2.05) is 6.19 Å². The molecule has 0 fully saturated rings. The number of carbonyl (C=O) groups excluding carboxylic acids is 2. The molecule has 0 aliphatic carbocycles. The van der Waals surface area contributed by atoms with Crippen LogP contribution in [0.15, 0.2) is 78.9 Å². The monoisotopic (exact) mass is 700 g/mol. The number of rotatable bonds is 10. The van der Waals surface area contributed by atoms with Crippen molar-refractivity contribution in [3.63, 3.8) is 0 Å². The maximum atomic E-state index is 14.7. The van der Waals surface area contributed by atoms with E-state index in [9.17, 15) is 46.8 Å². The zero-order valence-corrected chi connectivity index (χ0v) is 26.8. The average Bonchev–Trinajstić information content (AvgIpc) is 3.45. The fraction of sp³-hybridized carbons (Fsp3) is 0.250. The number of phosphoric ester groups is 1. The summed E-state index contributed by atoms with van der Waals surface area (Å²) >= 11 is 0. The molecule has 5 rings (SSSR count). The second kappa shape index (κ2) is 13.8. The predicted molar refractivity (Wildman–Crippen MR) is 166 cm³/mol.